The lowest BCUT2D eigenvalue weighted by Crippen LogP contribution is -1.86. The molecule has 1 aromatic rings. The molecule has 1 unspecified atom stereocenters. The first kappa shape index (κ1) is 6.42. The van der Waals surface area contributed by atoms with Crippen molar-refractivity contribution in [1.82, 2.24) is 0 Å². The molecule has 0 spiro atoms. The van der Waals surface area contributed by atoms with Crippen molar-refractivity contribution in [1.29, 1.82) is 0 Å². The van der Waals surface area contributed by atoms with Crippen LogP contribution < -0.4 is 0 Å². The van der Waals surface area contributed by atoms with E-state index in [1.165, 1.54) is 11.3 Å². The number of rotatable bonds is 2. The summed E-state index contributed by atoms with van der Waals surface area (Å²) in [6.45, 7) is 0. The van der Waals surface area contributed by atoms with Crippen molar-refractivity contribution in [2.45, 2.75) is 6.17 Å². The van der Waals surface area contributed by atoms with Gasteiger partial charge in [-0.2, -0.15) is 0 Å². The fraction of sp³-hybridized carbons (Fsp3) is 0.167. The molecule has 0 aliphatic carbocycles. The van der Waals surface area contributed by atoms with Gasteiger partial charge in [0.25, 0.3) is 0 Å². The van der Waals surface area contributed by atoms with Crippen molar-refractivity contribution in [2.24, 2.45) is 0 Å². The van der Waals surface area contributed by atoms with E-state index in [1.807, 2.05) is 0 Å². The second-order valence-corrected chi connectivity index (χ2v) is 2.53. The van der Waals surface area contributed by atoms with E-state index in [1.54, 1.807) is 17.5 Å². The number of halogens is 1. The predicted molar refractivity (Wildman–Crippen MR) is 34.2 cm³/mol. The summed E-state index contributed by atoms with van der Waals surface area (Å²) in [6, 6.07) is 3.32. The SMILES string of the molecule is O=CC(F)c1cccs1. The van der Waals surface area contributed by atoms with E-state index < -0.39 is 6.17 Å². The summed E-state index contributed by atoms with van der Waals surface area (Å²) in [6.07, 6.45) is -1.13. The molecule has 0 aliphatic rings. The highest BCUT2D eigenvalue weighted by atomic mass is 32.1. The minimum atomic E-state index is -1.43. The van der Waals surface area contributed by atoms with Crippen molar-refractivity contribution in [3.63, 3.8) is 0 Å². The third kappa shape index (κ3) is 1.36. The van der Waals surface area contributed by atoms with E-state index in [-0.39, 0.29) is 0 Å². The van der Waals surface area contributed by atoms with Gasteiger partial charge in [0.15, 0.2) is 12.5 Å². The van der Waals surface area contributed by atoms with E-state index in [2.05, 4.69) is 0 Å². The molecule has 1 rings (SSSR count). The van der Waals surface area contributed by atoms with Crippen LogP contribution in [0.4, 0.5) is 4.39 Å². The normalized spacial score (nSPS) is 13.0. The maximum atomic E-state index is 12.3. The molecular weight excluding hydrogens is 139 g/mol. The van der Waals surface area contributed by atoms with E-state index in [9.17, 15) is 9.18 Å². The molecule has 3 heteroatoms. The first-order chi connectivity index (χ1) is 4.34. The summed E-state index contributed by atoms with van der Waals surface area (Å²) in [7, 11) is 0. The quantitative estimate of drug-likeness (QED) is 0.580. The van der Waals surface area contributed by atoms with Gasteiger partial charge in [-0.25, -0.2) is 4.39 Å². The van der Waals surface area contributed by atoms with Crippen LogP contribution in [0.2, 0.25) is 0 Å². The Kier molecular flexibility index (Phi) is 1.95. The number of hydrogen-bond acceptors (Lipinski definition) is 2. The molecule has 1 heterocycles. The van der Waals surface area contributed by atoms with Gasteiger partial charge in [0, 0.05) is 4.88 Å². The zero-order valence-corrected chi connectivity index (χ0v) is 5.40. The van der Waals surface area contributed by atoms with E-state index in [0.717, 1.165) is 0 Å². The largest absolute Gasteiger partial charge is 0.300 e. The lowest BCUT2D eigenvalue weighted by atomic mass is 10.3. The van der Waals surface area contributed by atoms with E-state index in [4.69, 9.17) is 0 Å². The van der Waals surface area contributed by atoms with Gasteiger partial charge >= 0.3 is 0 Å². The fourth-order valence-corrected chi connectivity index (χ4v) is 1.17. The zero-order valence-electron chi connectivity index (χ0n) is 4.58. The summed E-state index contributed by atoms with van der Waals surface area (Å²) in [5, 5.41) is 1.74. The van der Waals surface area contributed by atoms with Crippen molar-refractivity contribution >= 4 is 17.6 Å². The number of alkyl halides is 1. The molecular formula is C6H5FOS. The van der Waals surface area contributed by atoms with E-state index >= 15 is 0 Å². The Bertz CT molecular complexity index is 183. The molecule has 0 aromatic carbocycles. The van der Waals surface area contributed by atoms with Crippen LogP contribution >= 0.6 is 11.3 Å². The average molecular weight is 144 g/mol. The van der Waals surface area contributed by atoms with Crippen molar-refractivity contribution in [3.05, 3.63) is 22.4 Å². The molecule has 0 bridgehead atoms. The lowest BCUT2D eigenvalue weighted by molar-refractivity contribution is -0.112. The Morgan fingerprint density at radius 1 is 1.78 bits per heavy atom. The number of carbonyl (C=O) groups excluding carboxylic acids is 1. The molecule has 1 nitrogen and oxygen atoms in total. The molecule has 0 saturated heterocycles. The van der Waals surface area contributed by atoms with Gasteiger partial charge in [-0.1, -0.05) is 6.07 Å². The lowest BCUT2D eigenvalue weighted by Gasteiger charge is -1.90. The Morgan fingerprint density at radius 3 is 3.00 bits per heavy atom. The Morgan fingerprint density at radius 2 is 2.56 bits per heavy atom. The van der Waals surface area contributed by atoms with Crippen molar-refractivity contribution < 1.29 is 9.18 Å². The number of hydrogen-bond donors (Lipinski definition) is 0. The Balaban J connectivity index is 2.76. The second kappa shape index (κ2) is 2.73. The highest BCUT2D eigenvalue weighted by Gasteiger charge is 2.06. The van der Waals surface area contributed by atoms with Crippen LogP contribution in [0.5, 0.6) is 0 Å². The van der Waals surface area contributed by atoms with Crippen LogP contribution in [0.15, 0.2) is 17.5 Å². The Labute approximate surface area is 56.1 Å². The third-order valence-electron chi connectivity index (χ3n) is 0.934. The van der Waals surface area contributed by atoms with Crippen LogP contribution in [0, 0.1) is 0 Å². The van der Waals surface area contributed by atoms with E-state index in [0.29, 0.717) is 11.2 Å². The average Bonchev–Trinajstić information content (AvgIpc) is 2.37. The zero-order chi connectivity index (χ0) is 6.69. The molecule has 1 atom stereocenters. The highest BCUT2D eigenvalue weighted by molar-refractivity contribution is 7.10. The van der Waals surface area contributed by atoms with Gasteiger partial charge in [0.2, 0.25) is 0 Å². The van der Waals surface area contributed by atoms with Crippen LogP contribution in [-0.4, -0.2) is 6.29 Å². The summed E-state index contributed by atoms with van der Waals surface area (Å²) in [5.41, 5.74) is 0. The summed E-state index contributed by atoms with van der Waals surface area (Å²) in [4.78, 5) is 10.3. The van der Waals surface area contributed by atoms with Gasteiger partial charge < -0.3 is 0 Å². The molecule has 1 aromatic heterocycles. The number of aldehydes is 1. The minimum absolute atomic E-state index is 0.297. The van der Waals surface area contributed by atoms with Crippen LogP contribution in [-0.2, 0) is 4.79 Å². The number of thiophene rings is 1. The third-order valence-corrected chi connectivity index (χ3v) is 1.86. The molecule has 0 N–H and O–H groups in total. The summed E-state index contributed by atoms with van der Waals surface area (Å²) in [5.74, 6) is 0. The minimum Gasteiger partial charge on any atom is -0.300 e. The molecule has 0 amide bonds. The summed E-state index contributed by atoms with van der Waals surface area (Å²) >= 11 is 1.25. The molecule has 48 valence electrons. The second-order valence-electron chi connectivity index (χ2n) is 1.55. The fourth-order valence-electron chi connectivity index (χ4n) is 0.515. The van der Waals surface area contributed by atoms with Gasteiger partial charge in [-0.15, -0.1) is 11.3 Å². The van der Waals surface area contributed by atoms with Crippen LogP contribution in [0.25, 0.3) is 0 Å². The van der Waals surface area contributed by atoms with Gasteiger partial charge in [-0.3, -0.25) is 4.79 Å². The molecule has 0 fully saturated rings. The first-order valence-corrected chi connectivity index (χ1v) is 3.35. The highest BCUT2D eigenvalue weighted by Crippen LogP contribution is 2.19. The topological polar surface area (TPSA) is 17.1 Å². The van der Waals surface area contributed by atoms with Gasteiger partial charge in [0.1, 0.15) is 0 Å². The van der Waals surface area contributed by atoms with Gasteiger partial charge in [0.05, 0.1) is 0 Å². The maximum Gasteiger partial charge on any atom is 0.189 e. The van der Waals surface area contributed by atoms with Crippen molar-refractivity contribution in [3.8, 4) is 0 Å². The Hall–Kier alpha value is -0.700. The van der Waals surface area contributed by atoms with Crippen LogP contribution in [0.1, 0.15) is 11.0 Å². The molecule has 0 radical (unpaired) electrons. The monoisotopic (exact) mass is 144 g/mol. The predicted octanol–water partition coefficient (Wildman–Crippen LogP) is 1.96. The summed E-state index contributed by atoms with van der Waals surface area (Å²) < 4.78 is 12.3. The standard InChI is InChI=1S/C6H5FOS/c7-5(4-8)6-2-1-3-9-6/h1-5H. The van der Waals surface area contributed by atoms with Gasteiger partial charge in [-0.05, 0) is 11.4 Å². The first-order valence-electron chi connectivity index (χ1n) is 2.47. The van der Waals surface area contributed by atoms with Crippen molar-refractivity contribution in [2.75, 3.05) is 0 Å². The molecule has 0 saturated carbocycles. The van der Waals surface area contributed by atoms with Crippen LogP contribution in [0.3, 0.4) is 0 Å². The molecule has 0 aliphatic heterocycles. The maximum absolute atomic E-state index is 12.3. The molecule has 9 heavy (non-hydrogen) atoms. The smallest absolute Gasteiger partial charge is 0.189 e. The number of carbonyl (C=O) groups is 1.